The van der Waals surface area contributed by atoms with E-state index in [2.05, 4.69) is 45.7 Å². The number of alkyl halides is 1. The third kappa shape index (κ3) is 2.18. The van der Waals surface area contributed by atoms with Crippen LogP contribution in [0.3, 0.4) is 0 Å². The molecule has 0 N–H and O–H groups in total. The van der Waals surface area contributed by atoms with Crippen LogP contribution in [0, 0.1) is 0 Å². The zero-order valence-electron chi connectivity index (χ0n) is 11.4. The highest BCUT2D eigenvalue weighted by Gasteiger charge is 2.13. The minimum Gasteiger partial charge on any atom is -0.296 e. The van der Waals surface area contributed by atoms with Gasteiger partial charge in [-0.05, 0) is 24.1 Å². The Hall–Kier alpha value is -1.87. The lowest BCUT2D eigenvalue weighted by molar-refractivity contribution is 0.899. The predicted octanol–water partition coefficient (Wildman–Crippen LogP) is 3.76. The Morgan fingerprint density at radius 1 is 1.20 bits per heavy atom. The monoisotopic (exact) mass is 285 g/mol. The van der Waals surface area contributed by atoms with Gasteiger partial charge in [-0.15, -0.1) is 11.6 Å². The average molecular weight is 286 g/mol. The Labute approximate surface area is 123 Å². The standard InChI is InChI=1S/C16H16ClN3/c1-2-12-5-3-4-6-14(12)20-15-8-10-18-11-13(15)19-16(20)7-9-17/h3-6,8,10-11H,2,7,9H2,1H3. The zero-order chi connectivity index (χ0) is 13.9. The second kappa shape index (κ2) is 5.63. The second-order valence-electron chi connectivity index (χ2n) is 4.65. The highest BCUT2D eigenvalue weighted by atomic mass is 35.5. The van der Waals surface area contributed by atoms with Crippen molar-refractivity contribution in [3.05, 3.63) is 54.1 Å². The van der Waals surface area contributed by atoms with Crippen LogP contribution in [0.1, 0.15) is 18.3 Å². The van der Waals surface area contributed by atoms with Crippen LogP contribution in [0.2, 0.25) is 0 Å². The van der Waals surface area contributed by atoms with E-state index >= 15 is 0 Å². The lowest BCUT2D eigenvalue weighted by atomic mass is 10.1. The number of para-hydroxylation sites is 1. The fourth-order valence-corrected chi connectivity index (χ4v) is 2.70. The van der Waals surface area contributed by atoms with Crippen molar-refractivity contribution < 1.29 is 0 Å². The molecule has 0 atom stereocenters. The summed E-state index contributed by atoms with van der Waals surface area (Å²) in [6.45, 7) is 2.17. The van der Waals surface area contributed by atoms with Gasteiger partial charge in [0.1, 0.15) is 11.3 Å². The summed E-state index contributed by atoms with van der Waals surface area (Å²) in [4.78, 5) is 8.83. The van der Waals surface area contributed by atoms with Crippen molar-refractivity contribution in [1.82, 2.24) is 14.5 Å². The quantitative estimate of drug-likeness (QED) is 0.683. The molecule has 0 unspecified atom stereocenters. The van der Waals surface area contributed by atoms with Gasteiger partial charge >= 0.3 is 0 Å². The third-order valence-electron chi connectivity index (χ3n) is 3.46. The van der Waals surface area contributed by atoms with Crippen molar-refractivity contribution in [3.63, 3.8) is 0 Å². The van der Waals surface area contributed by atoms with E-state index in [1.807, 2.05) is 6.07 Å². The number of rotatable bonds is 4. The normalized spacial score (nSPS) is 11.1. The van der Waals surface area contributed by atoms with E-state index in [1.54, 1.807) is 12.4 Å². The van der Waals surface area contributed by atoms with E-state index in [9.17, 15) is 0 Å². The number of halogens is 1. The average Bonchev–Trinajstić information content (AvgIpc) is 2.85. The Bertz CT molecular complexity index is 733. The predicted molar refractivity (Wildman–Crippen MR) is 82.7 cm³/mol. The van der Waals surface area contributed by atoms with Crippen molar-refractivity contribution in [1.29, 1.82) is 0 Å². The maximum atomic E-state index is 5.93. The van der Waals surface area contributed by atoms with Crippen LogP contribution in [0.5, 0.6) is 0 Å². The van der Waals surface area contributed by atoms with E-state index in [0.29, 0.717) is 5.88 Å². The molecule has 3 aromatic rings. The van der Waals surface area contributed by atoms with Crippen LogP contribution >= 0.6 is 11.6 Å². The summed E-state index contributed by atoms with van der Waals surface area (Å²) in [5, 5.41) is 0. The van der Waals surface area contributed by atoms with Crippen molar-refractivity contribution in [2.45, 2.75) is 19.8 Å². The summed E-state index contributed by atoms with van der Waals surface area (Å²) in [7, 11) is 0. The van der Waals surface area contributed by atoms with Gasteiger partial charge in [-0.3, -0.25) is 9.55 Å². The Balaban J connectivity index is 2.30. The van der Waals surface area contributed by atoms with Crippen LogP contribution in [0.25, 0.3) is 16.7 Å². The van der Waals surface area contributed by atoms with Gasteiger partial charge in [0.05, 0.1) is 17.4 Å². The summed E-state index contributed by atoms with van der Waals surface area (Å²) in [6.07, 6.45) is 5.34. The molecule has 0 bridgehead atoms. The number of hydrogen-bond acceptors (Lipinski definition) is 2. The summed E-state index contributed by atoms with van der Waals surface area (Å²) in [6, 6.07) is 10.4. The summed E-state index contributed by atoms with van der Waals surface area (Å²) >= 11 is 5.93. The first-order valence-corrected chi connectivity index (χ1v) is 7.34. The van der Waals surface area contributed by atoms with E-state index in [-0.39, 0.29) is 0 Å². The van der Waals surface area contributed by atoms with Crippen LogP contribution in [-0.2, 0) is 12.8 Å². The minimum absolute atomic E-state index is 0.561. The number of aromatic nitrogens is 3. The first-order valence-electron chi connectivity index (χ1n) is 6.80. The molecule has 0 amide bonds. The number of aryl methyl sites for hydroxylation is 2. The Morgan fingerprint density at radius 2 is 2.05 bits per heavy atom. The lowest BCUT2D eigenvalue weighted by Gasteiger charge is -2.12. The molecule has 3 rings (SSSR count). The number of pyridine rings is 1. The molecule has 0 spiro atoms. The van der Waals surface area contributed by atoms with Crippen molar-refractivity contribution in [3.8, 4) is 5.69 Å². The molecule has 0 aliphatic rings. The number of imidazole rings is 1. The molecule has 0 aliphatic heterocycles. The third-order valence-corrected chi connectivity index (χ3v) is 3.65. The van der Waals surface area contributed by atoms with Crippen molar-refractivity contribution in [2.24, 2.45) is 0 Å². The molecule has 0 radical (unpaired) electrons. The second-order valence-corrected chi connectivity index (χ2v) is 5.03. The number of fused-ring (bicyclic) bond motifs is 1. The maximum absolute atomic E-state index is 5.93. The molecular weight excluding hydrogens is 270 g/mol. The number of benzene rings is 1. The fourth-order valence-electron chi connectivity index (χ4n) is 2.53. The van der Waals surface area contributed by atoms with Crippen molar-refractivity contribution >= 4 is 22.6 Å². The number of hydrogen-bond donors (Lipinski definition) is 0. The topological polar surface area (TPSA) is 30.7 Å². The molecule has 0 aliphatic carbocycles. The van der Waals surface area contributed by atoms with Gasteiger partial charge in [-0.2, -0.15) is 0 Å². The van der Waals surface area contributed by atoms with Gasteiger partial charge in [0.15, 0.2) is 0 Å². The Kier molecular flexibility index (Phi) is 3.70. The molecular formula is C16H16ClN3. The molecule has 4 heteroatoms. The SMILES string of the molecule is CCc1ccccc1-n1c(CCCl)nc2cnccc21. The van der Waals surface area contributed by atoms with E-state index < -0.39 is 0 Å². The van der Waals surface area contributed by atoms with Gasteiger partial charge < -0.3 is 0 Å². The number of nitrogens with zero attached hydrogens (tertiary/aromatic N) is 3. The molecule has 20 heavy (non-hydrogen) atoms. The van der Waals surface area contributed by atoms with Crippen LogP contribution in [0.15, 0.2) is 42.7 Å². The molecule has 0 saturated carbocycles. The van der Waals surface area contributed by atoms with Gasteiger partial charge in [-0.1, -0.05) is 25.1 Å². The van der Waals surface area contributed by atoms with E-state index in [1.165, 1.54) is 11.3 Å². The van der Waals surface area contributed by atoms with Gasteiger partial charge in [0.2, 0.25) is 0 Å². The van der Waals surface area contributed by atoms with Crippen LogP contribution in [0.4, 0.5) is 0 Å². The van der Waals surface area contributed by atoms with Gasteiger partial charge in [0.25, 0.3) is 0 Å². The van der Waals surface area contributed by atoms with Gasteiger partial charge in [0, 0.05) is 18.5 Å². The highest BCUT2D eigenvalue weighted by Crippen LogP contribution is 2.24. The smallest absolute Gasteiger partial charge is 0.115 e. The first-order chi connectivity index (χ1) is 9.85. The minimum atomic E-state index is 0.561. The van der Waals surface area contributed by atoms with Crippen LogP contribution < -0.4 is 0 Å². The molecule has 2 aromatic heterocycles. The van der Waals surface area contributed by atoms with Crippen LogP contribution in [-0.4, -0.2) is 20.4 Å². The first kappa shape index (κ1) is 13.1. The lowest BCUT2D eigenvalue weighted by Crippen LogP contribution is -2.05. The maximum Gasteiger partial charge on any atom is 0.115 e. The molecule has 1 aromatic carbocycles. The zero-order valence-corrected chi connectivity index (χ0v) is 12.1. The summed E-state index contributed by atoms with van der Waals surface area (Å²) in [5.41, 5.74) is 4.49. The highest BCUT2D eigenvalue weighted by molar-refractivity contribution is 6.17. The Morgan fingerprint density at radius 3 is 2.85 bits per heavy atom. The van der Waals surface area contributed by atoms with E-state index in [0.717, 1.165) is 29.7 Å². The van der Waals surface area contributed by atoms with E-state index in [4.69, 9.17) is 11.6 Å². The summed E-state index contributed by atoms with van der Waals surface area (Å²) < 4.78 is 2.21. The summed E-state index contributed by atoms with van der Waals surface area (Å²) in [5.74, 6) is 1.55. The van der Waals surface area contributed by atoms with Crippen molar-refractivity contribution in [2.75, 3.05) is 5.88 Å². The molecule has 0 fully saturated rings. The fraction of sp³-hybridized carbons (Fsp3) is 0.250. The largest absolute Gasteiger partial charge is 0.296 e. The molecule has 2 heterocycles. The molecule has 102 valence electrons. The molecule has 3 nitrogen and oxygen atoms in total. The molecule has 0 saturated heterocycles. The van der Waals surface area contributed by atoms with Gasteiger partial charge in [-0.25, -0.2) is 4.98 Å².